The van der Waals surface area contributed by atoms with Crippen LogP contribution in [-0.4, -0.2) is 12.9 Å². The molecule has 0 radical (unpaired) electrons. The van der Waals surface area contributed by atoms with Crippen LogP contribution in [0.25, 0.3) is 0 Å². The Labute approximate surface area is 127 Å². The summed E-state index contributed by atoms with van der Waals surface area (Å²) in [7, 11) is 0. The van der Waals surface area contributed by atoms with E-state index in [4.69, 9.17) is 0 Å². The fourth-order valence-corrected chi connectivity index (χ4v) is 2.47. The highest BCUT2D eigenvalue weighted by atomic mass is 32.2. The van der Waals surface area contributed by atoms with Crippen molar-refractivity contribution in [2.45, 2.75) is 24.5 Å². The Morgan fingerprint density at radius 1 is 1.10 bits per heavy atom. The van der Waals surface area contributed by atoms with Crippen LogP contribution < -0.4 is 10.1 Å². The minimum atomic E-state index is -2.80. The first kappa shape index (κ1) is 15.6. The van der Waals surface area contributed by atoms with Gasteiger partial charge in [0.2, 0.25) is 0 Å². The van der Waals surface area contributed by atoms with Crippen molar-refractivity contribution in [3.63, 3.8) is 0 Å². The number of hydrogen-bond acceptors (Lipinski definition) is 3. The van der Waals surface area contributed by atoms with Crippen molar-refractivity contribution in [1.82, 2.24) is 0 Å². The maximum absolute atomic E-state index is 12.2. The standard InChI is InChI=1S/C16H17F2NOS/c1-11(19-13-6-4-8-15(10-13)21-2)12-5-3-7-14(9-12)20-16(17)18/h3-11,16,19H,1-2H3. The lowest BCUT2D eigenvalue weighted by Gasteiger charge is -2.17. The average molecular weight is 309 g/mol. The summed E-state index contributed by atoms with van der Waals surface area (Å²) in [5.41, 5.74) is 1.89. The number of halogens is 2. The second-order valence-electron chi connectivity index (χ2n) is 4.55. The third-order valence-electron chi connectivity index (χ3n) is 3.04. The summed E-state index contributed by atoms with van der Waals surface area (Å²) >= 11 is 1.67. The maximum atomic E-state index is 12.2. The number of rotatable bonds is 6. The number of nitrogens with one attached hydrogen (secondary N) is 1. The SMILES string of the molecule is CSc1cccc(NC(C)c2cccc(OC(F)F)c2)c1. The maximum Gasteiger partial charge on any atom is 0.387 e. The highest BCUT2D eigenvalue weighted by Crippen LogP contribution is 2.25. The van der Waals surface area contributed by atoms with Crippen molar-refractivity contribution >= 4 is 17.4 Å². The van der Waals surface area contributed by atoms with E-state index in [-0.39, 0.29) is 11.8 Å². The van der Waals surface area contributed by atoms with Gasteiger partial charge in [0.05, 0.1) is 0 Å². The van der Waals surface area contributed by atoms with Crippen molar-refractivity contribution in [2.24, 2.45) is 0 Å². The molecule has 2 aromatic carbocycles. The Hall–Kier alpha value is -1.75. The number of thioether (sulfide) groups is 1. The Morgan fingerprint density at radius 2 is 1.86 bits per heavy atom. The number of benzene rings is 2. The molecule has 0 aliphatic carbocycles. The van der Waals surface area contributed by atoms with Crippen LogP contribution in [0.5, 0.6) is 5.75 Å². The monoisotopic (exact) mass is 309 g/mol. The highest BCUT2D eigenvalue weighted by Gasteiger charge is 2.09. The molecule has 0 saturated heterocycles. The van der Waals surface area contributed by atoms with Gasteiger partial charge in [-0.25, -0.2) is 0 Å². The molecular formula is C16H17F2NOS. The molecule has 5 heteroatoms. The summed E-state index contributed by atoms with van der Waals surface area (Å²) in [6.07, 6.45) is 2.02. The second-order valence-corrected chi connectivity index (χ2v) is 5.43. The van der Waals surface area contributed by atoms with Gasteiger partial charge >= 0.3 is 6.61 Å². The number of ether oxygens (including phenoxy) is 1. The van der Waals surface area contributed by atoms with Crippen LogP contribution in [0.1, 0.15) is 18.5 Å². The molecule has 0 fully saturated rings. The van der Waals surface area contributed by atoms with E-state index < -0.39 is 6.61 Å². The first-order chi connectivity index (χ1) is 10.1. The van der Waals surface area contributed by atoms with E-state index >= 15 is 0 Å². The van der Waals surface area contributed by atoms with Gasteiger partial charge in [-0.1, -0.05) is 18.2 Å². The molecule has 1 unspecified atom stereocenters. The van der Waals surface area contributed by atoms with E-state index in [2.05, 4.69) is 16.1 Å². The predicted octanol–water partition coefficient (Wildman–Crippen LogP) is 5.18. The summed E-state index contributed by atoms with van der Waals surface area (Å²) in [4.78, 5) is 1.17. The Bertz CT molecular complexity index is 592. The van der Waals surface area contributed by atoms with Crippen molar-refractivity contribution < 1.29 is 13.5 Å². The van der Waals surface area contributed by atoms with Crippen molar-refractivity contribution in [1.29, 1.82) is 0 Å². The van der Waals surface area contributed by atoms with Crippen molar-refractivity contribution in [2.75, 3.05) is 11.6 Å². The molecule has 21 heavy (non-hydrogen) atoms. The van der Waals surface area contributed by atoms with E-state index in [9.17, 15) is 8.78 Å². The van der Waals surface area contributed by atoms with Gasteiger partial charge in [-0.2, -0.15) is 8.78 Å². The van der Waals surface area contributed by atoms with Crippen LogP contribution in [0.2, 0.25) is 0 Å². The number of alkyl halides is 2. The summed E-state index contributed by atoms with van der Waals surface area (Å²) in [6.45, 7) is -0.824. The highest BCUT2D eigenvalue weighted by molar-refractivity contribution is 7.98. The van der Waals surface area contributed by atoms with Gasteiger partial charge in [-0.15, -0.1) is 11.8 Å². The van der Waals surface area contributed by atoms with Gasteiger partial charge in [0.25, 0.3) is 0 Å². The molecule has 0 bridgehead atoms. The van der Waals surface area contributed by atoms with Crippen LogP contribution in [0.3, 0.4) is 0 Å². The Balaban J connectivity index is 2.10. The molecule has 0 heterocycles. The molecule has 2 aromatic rings. The topological polar surface area (TPSA) is 21.3 Å². The fourth-order valence-electron chi connectivity index (χ4n) is 2.01. The first-order valence-corrected chi connectivity index (χ1v) is 7.76. The molecule has 112 valence electrons. The Kier molecular flexibility index (Phi) is 5.44. The molecular weight excluding hydrogens is 292 g/mol. The van der Waals surface area contributed by atoms with Gasteiger partial charge < -0.3 is 10.1 Å². The van der Waals surface area contributed by atoms with Crippen LogP contribution in [0.4, 0.5) is 14.5 Å². The molecule has 2 nitrogen and oxygen atoms in total. The van der Waals surface area contributed by atoms with E-state index in [1.165, 1.54) is 11.0 Å². The van der Waals surface area contributed by atoms with Gasteiger partial charge in [0, 0.05) is 16.6 Å². The minimum Gasteiger partial charge on any atom is -0.435 e. The van der Waals surface area contributed by atoms with Gasteiger partial charge in [-0.05, 0) is 49.1 Å². The average Bonchev–Trinajstić information content (AvgIpc) is 2.47. The quantitative estimate of drug-likeness (QED) is 0.743. The zero-order valence-corrected chi connectivity index (χ0v) is 12.7. The molecule has 2 rings (SSSR count). The van der Waals surface area contributed by atoms with E-state index in [0.717, 1.165) is 11.3 Å². The summed E-state index contributed by atoms with van der Waals surface area (Å²) in [5.74, 6) is 0.175. The third-order valence-corrected chi connectivity index (χ3v) is 3.76. The van der Waals surface area contributed by atoms with Gasteiger partial charge in [0.15, 0.2) is 0 Å². The lowest BCUT2D eigenvalue weighted by molar-refractivity contribution is -0.0498. The molecule has 1 atom stereocenters. The Morgan fingerprint density at radius 3 is 2.57 bits per heavy atom. The normalized spacial score (nSPS) is 12.2. The molecule has 0 aliphatic rings. The third kappa shape index (κ3) is 4.63. The molecule has 0 spiro atoms. The number of hydrogen-bond donors (Lipinski definition) is 1. The van der Waals surface area contributed by atoms with Gasteiger partial charge in [0.1, 0.15) is 5.75 Å². The van der Waals surface area contributed by atoms with Crippen LogP contribution in [0.15, 0.2) is 53.4 Å². The van der Waals surface area contributed by atoms with Crippen LogP contribution in [0, 0.1) is 0 Å². The number of anilines is 1. The summed E-state index contributed by atoms with van der Waals surface area (Å²) in [5, 5.41) is 3.36. The first-order valence-electron chi connectivity index (χ1n) is 6.54. The molecule has 0 saturated carbocycles. The van der Waals surface area contributed by atoms with Crippen LogP contribution in [-0.2, 0) is 0 Å². The smallest absolute Gasteiger partial charge is 0.387 e. The van der Waals surface area contributed by atoms with E-state index in [1.54, 1.807) is 23.9 Å². The van der Waals surface area contributed by atoms with E-state index in [1.807, 2.05) is 37.4 Å². The molecule has 0 amide bonds. The largest absolute Gasteiger partial charge is 0.435 e. The second kappa shape index (κ2) is 7.31. The van der Waals surface area contributed by atoms with Crippen LogP contribution >= 0.6 is 11.8 Å². The lowest BCUT2D eigenvalue weighted by atomic mass is 10.1. The van der Waals surface area contributed by atoms with Crippen molar-refractivity contribution in [3.8, 4) is 5.75 Å². The fraction of sp³-hybridized carbons (Fsp3) is 0.250. The zero-order chi connectivity index (χ0) is 15.2. The predicted molar refractivity (Wildman–Crippen MR) is 83.3 cm³/mol. The zero-order valence-electron chi connectivity index (χ0n) is 11.8. The van der Waals surface area contributed by atoms with Crippen molar-refractivity contribution in [3.05, 3.63) is 54.1 Å². The molecule has 0 aliphatic heterocycles. The summed E-state index contributed by atoms with van der Waals surface area (Å²) in [6, 6.07) is 14.8. The molecule has 0 aromatic heterocycles. The minimum absolute atomic E-state index is 0.0108. The lowest BCUT2D eigenvalue weighted by Crippen LogP contribution is -2.08. The van der Waals surface area contributed by atoms with E-state index in [0.29, 0.717) is 0 Å². The van der Waals surface area contributed by atoms with Gasteiger partial charge in [-0.3, -0.25) is 0 Å². The molecule has 1 N–H and O–H groups in total. The summed E-state index contributed by atoms with van der Waals surface area (Å²) < 4.78 is 28.9.